The van der Waals surface area contributed by atoms with Gasteiger partial charge < -0.3 is 20.4 Å². The average molecular weight is 316 g/mol. The van der Waals surface area contributed by atoms with Gasteiger partial charge in [0, 0.05) is 51.0 Å². The summed E-state index contributed by atoms with van der Waals surface area (Å²) in [5.41, 5.74) is 1.82. The van der Waals surface area contributed by atoms with Gasteiger partial charge in [0.25, 0.3) is 5.91 Å². The molecule has 1 atom stereocenters. The van der Waals surface area contributed by atoms with Crippen LogP contribution in [0.15, 0.2) is 24.3 Å². The summed E-state index contributed by atoms with van der Waals surface area (Å²) in [4.78, 5) is 28.6. The quantitative estimate of drug-likeness (QED) is 0.850. The van der Waals surface area contributed by atoms with Crippen LogP contribution in [0, 0.1) is 0 Å². The third-order valence-electron chi connectivity index (χ3n) is 4.59. The molecule has 0 spiro atoms. The topological polar surface area (TPSA) is 64.7 Å². The zero-order chi connectivity index (χ0) is 16.2. The Morgan fingerprint density at radius 3 is 2.74 bits per heavy atom. The summed E-state index contributed by atoms with van der Waals surface area (Å²) >= 11 is 0. The molecule has 2 aliphatic rings. The molecule has 2 saturated heterocycles. The Morgan fingerprint density at radius 1 is 1.22 bits per heavy atom. The first-order chi connectivity index (χ1) is 11.2. The van der Waals surface area contributed by atoms with Gasteiger partial charge in [-0.1, -0.05) is 6.07 Å². The minimum Gasteiger partial charge on any atom is -0.372 e. The molecule has 2 aliphatic heterocycles. The Bertz CT molecular complexity index is 584. The van der Waals surface area contributed by atoms with Crippen molar-refractivity contribution in [2.45, 2.75) is 18.9 Å². The number of nitrogens with zero attached hydrogens (tertiary/aromatic N) is 2. The van der Waals surface area contributed by atoms with Crippen LogP contribution >= 0.6 is 0 Å². The fourth-order valence-electron chi connectivity index (χ4n) is 3.28. The number of hydrogen-bond donors (Lipinski definition) is 2. The van der Waals surface area contributed by atoms with Gasteiger partial charge in [-0.05, 0) is 31.0 Å². The Labute approximate surface area is 136 Å². The second-order valence-corrected chi connectivity index (χ2v) is 6.12. The van der Waals surface area contributed by atoms with Crippen molar-refractivity contribution < 1.29 is 9.59 Å². The molecule has 2 amide bonds. The number of nitrogens with one attached hydrogen (secondary N) is 2. The number of benzene rings is 1. The van der Waals surface area contributed by atoms with Crippen molar-refractivity contribution >= 4 is 17.5 Å². The van der Waals surface area contributed by atoms with Crippen LogP contribution in [-0.4, -0.2) is 62.5 Å². The van der Waals surface area contributed by atoms with Crippen LogP contribution in [0.2, 0.25) is 0 Å². The summed E-state index contributed by atoms with van der Waals surface area (Å²) in [7, 11) is 1.62. The Morgan fingerprint density at radius 2 is 2.00 bits per heavy atom. The molecule has 2 fully saturated rings. The number of carbonyl (C=O) groups excluding carboxylic acids is 2. The molecule has 23 heavy (non-hydrogen) atoms. The van der Waals surface area contributed by atoms with Crippen molar-refractivity contribution in [3.63, 3.8) is 0 Å². The molecule has 3 rings (SSSR count). The minimum absolute atomic E-state index is 0.00134. The summed E-state index contributed by atoms with van der Waals surface area (Å²) in [6.45, 7) is 3.79. The van der Waals surface area contributed by atoms with Gasteiger partial charge in [0.2, 0.25) is 5.91 Å². The first-order valence-corrected chi connectivity index (χ1v) is 8.28. The zero-order valence-electron chi connectivity index (χ0n) is 13.5. The third-order valence-corrected chi connectivity index (χ3v) is 4.59. The minimum atomic E-state index is -0.334. The van der Waals surface area contributed by atoms with Crippen molar-refractivity contribution in [3.05, 3.63) is 29.8 Å². The Balaban J connectivity index is 1.72. The largest absolute Gasteiger partial charge is 0.372 e. The Hall–Kier alpha value is -2.08. The SMILES string of the molecule is CNC(=O)[C@@H]1CN(C(=O)c2cccc(N3CCCC3)c2)CCN1. The van der Waals surface area contributed by atoms with Crippen molar-refractivity contribution in [3.8, 4) is 0 Å². The lowest BCUT2D eigenvalue weighted by molar-refractivity contribution is -0.123. The van der Waals surface area contributed by atoms with E-state index in [1.54, 1.807) is 11.9 Å². The molecule has 0 saturated carbocycles. The van der Waals surface area contributed by atoms with Crippen molar-refractivity contribution in [1.29, 1.82) is 0 Å². The summed E-state index contributed by atoms with van der Waals surface area (Å²) in [6, 6.07) is 7.51. The molecule has 6 heteroatoms. The van der Waals surface area contributed by atoms with Gasteiger partial charge in [-0.15, -0.1) is 0 Å². The summed E-state index contributed by atoms with van der Waals surface area (Å²) in [5, 5.41) is 5.78. The number of piperazine rings is 1. The normalized spacial score (nSPS) is 21.3. The molecular formula is C17H24N4O2. The van der Waals surface area contributed by atoms with Gasteiger partial charge in [0.15, 0.2) is 0 Å². The van der Waals surface area contributed by atoms with E-state index in [1.165, 1.54) is 12.8 Å². The van der Waals surface area contributed by atoms with Crippen molar-refractivity contribution in [2.75, 3.05) is 44.7 Å². The van der Waals surface area contributed by atoms with E-state index < -0.39 is 0 Å². The van der Waals surface area contributed by atoms with E-state index in [0.29, 0.717) is 25.2 Å². The number of likely N-dealkylation sites (N-methyl/N-ethyl adjacent to an activating group) is 1. The van der Waals surface area contributed by atoms with Gasteiger partial charge >= 0.3 is 0 Å². The summed E-state index contributed by atoms with van der Waals surface area (Å²) in [5.74, 6) is -0.0743. The molecule has 124 valence electrons. The summed E-state index contributed by atoms with van der Waals surface area (Å²) in [6.07, 6.45) is 2.42. The van der Waals surface area contributed by atoms with Crippen LogP contribution in [0.4, 0.5) is 5.69 Å². The van der Waals surface area contributed by atoms with Crippen molar-refractivity contribution in [2.24, 2.45) is 0 Å². The number of anilines is 1. The number of carbonyl (C=O) groups is 2. The standard InChI is InChI=1S/C17H24N4O2/c1-18-16(22)15-12-21(10-7-19-15)17(23)13-5-4-6-14(11-13)20-8-2-3-9-20/h4-6,11,15,19H,2-3,7-10,12H2,1H3,(H,18,22)/t15-/m0/s1. The van der Waals surface area contributed by atoms with E-state index in [9.17, 15) is 9.59 Å². The highest BCUT2D eigenvalue weighted by molar-refractivity contribution is 5.96. The van der Waals surface area contributed by atoms with Crippen LogP contribution in [-0.2, 0) is 4.79 Å². The molecule has 6 nitrogen and oxygen atoms in total. The van der Waals surface area contributed by atoms with E-state index in [2.05, 4.69) is 21.6 Å². The molecule has 0 unspecified atom stereocenters. The monoisotopic (exact) mass is 316 g/mol. The van der Waals surface area contributed by atoms with Gasteiger partial charge in [0.1, 0.15) is 6.04 Å². The van der Waals surface area contributed by atoms with E-state index >= 15 is 0 Å². The number of rotatable bonds is 3. The van der Waals surface area contributed by atoms with E-state index in [-0.39, 0.29) is 17.9 Å². The van der Waals surface area contributed by atoms with Gasteiger partial charge in [-0.2, -0.15) is 0 Å². The molecule has 1 aromatic rings. The Kier molecular flexibility index (Phi) is 4.81. The molecule has 2 heterocycles. The second kappa shape index (κ2) is 7.00. The van der Waals surface area contributed by atoms with Gasteiger partial charge in [0.05, 0.1) is 0 Å². The third kappa shape index (κ3) is 3.47. The van der Waals surface area contributed by atoms with E-state index in [4.69, 9.17) is 0 Å². The fourth-order valence-corrected chi connectivity index (χ4v) is 3.28. The zero-order valence-corrected chi connectivity index (χ0v) is 13.5. The molecule has 0 aliphatic carbocycles. The highest BCUT2D eigenvalue weighted by Crippen LogP contribution is 2.22. The molecule has 0 aromatic heterocycles. The fraction of sp³-hybridized carbons (Fsp3) is 0.529. The lowest BCUT2D eigenvalue weighted by Crippen LogP contribution is -2.57. The highest BCUT2D eigenvalue weighted by atomic mass is 16.2. The number of amides is 2. The number of hydrogen-bond acceptors (Lipinski definition) is 4. The second-order valence-electron chi connectivity index (χ2n) is 6.12. The van der Waals surface area contributed by atoms with Crippen LogP contribution in [0.5, 0.6) is 0 Å². The first kappa shape index (κ1) is 15.8. The maximum absolute atomic E-state index is 12.8. The van der Waals surface area contributed by atoms with Crippen LogP contribution in [0.3, 0.4) is 0 Å². The highest BCUT2D eigenvalue weighted by Gasteiger charge is 2.28. The molecule has 0 radical (unpaired) electrons. The maximum Gasteiger partial charge on any atom is 0.254 e. The lowest BCUT2D eigenvalue weighted by atomic mass is 10.1. The van der Waals surface area contributed by atoms with E-state index in [1.807, 2.05) is 18.2 Å². The predicted octanol–water partition coefficient (Wildman–Crippen LogP) is 0.447. The average Bonchev–Trinajstić information content (AvgIpc) is 3.15. The van der Waals surface area contributed by atoms with Crippen LogP contribution < -0.4 is 15.5 Å². The lowest BCUT2D eigenvalue weighted by Gasteiger charge is -2.33. The van der Waals surface area contributed by atoms with Crippen LogP contribution in [0.1, 0.15) is 23.2 Å². The smallest absolute Gasteiger partial charge is 0.254 e. The molecule has 2 N–H and O–H groups in total. The summed E-state index contributed by atoms with van der Waals surface area (Å²) < 4.78 is 0. The molecule has 1 aromatic carbocycles. The van der Waals surface area contributed by atoms with Gasteiger partial charge in [-0.3, -0.25) is 9.59 Å². The molecule has 0 bridgehead atoms. The van der Waals surface area contributed by atoms with Crippen LogP contribution in [0.25, 0.3) is 0 Å². The van der Waals surface area contributed by atoms with Crippen molar-refractivity contribution in [1.82, 2.24) is 15.5 Å². The predicted molar refractivity (Wildman–Crippen MR) is 89.6 cm³/mol. The first-order valence-electron chi connectivity index (χ1n) is 8.28. The maximum atomic E-state index is 12.8. The van der Waals surface area contributed by atoms with E-state index in [0.717, 1.165) is 18.8 Å². The van der Waals surface area contributed by atoms with Gasteiger partial charge in [-0.25, -0.2) is 0 Å². The molecular weight excluding hydrogens is 292 g/mol.